The first-order valence-corrected chi connectivity index (χ1v) is 7.02. The molecule has 5 nitrogen and oxygen atoms in total. The molecule has 0 aromatic carbocycles. The Balaban J connectivity index is 2.35. The largest absolute Gasteiger partial charge is 0.383 e. The molecule has 0 atom stereocenters. The van der Waals surface area contributed by atoms with Crippen molar-refractivity contribution in [2.24, 2.45) is 0 Å². The molecule has 0 unspecified atom stereocenters. The van der Waals surface area contributed by atoms with Gasteiger partial charge in [-0.3, -0.25) is 4.98 Å². The van der Waals surface area contributed by atoms with Crippen LogP contribution < -0.4 is 5.73 Å². The fourth-order valence-corrected chi connectivity index (χ4v) is 2.82. The number of aromatic nitrogens is 2. The number of hydrogen-bond acceptors (Lipinski definition) is 5. The van der Waals surface area contributed by atoms with Gasteiger partial charge in [0, 0.05) is 18.0 Å². The molecule has 3 rings (SSSR count). The van der Waals surface area contributed by atoms with Crippen molar-refractivity contribution in [2.75, 3.05) is 5.73 Å². The summed E-state index contributed by atoms with van der Waals surface area (Å²) in [7, 11) is 0. The van der Waals surface area contributed by atoms with E-state index in [2.05, 4.69) is 22.1 Å². The van der Waals surface area contributed by atoms with Gasteiger partial charge in [0.2, 0.25) is 0 Å². The quantitative estimate of drug-likeness (QED) is 0.872. The molecule has 23 heavy (non-hydrogen) atoms. The van der Waals surface area contributed by atoms with Crippen LogP contribution in [0, 0.1) is 29.6 Å². The van der Waals surface area contributed by atoms with Crippen molar-refractivity contribution >= 4 is 23.0 Å². The van der Waals surface area contributed by atoms with E-state index in [4.69, 9.17) is 5.73 Å². The number of nitrogens with two attached hydrogens (primary N) is 1. The predicted molar refractivity (Wildman–Crippen MR) is 88.4 cm³/mol. The molecule has 0 bridgehead atoms. The van der Waals surface area contributed by atoms with Gasteiger partial charge in [-0.15, -0.1) is 0 Å². The Morgan fingerprint density at radius 3 is 2.43 bits per heavy atom. The molecule has 2 aromatic rings. The average Bonchev–Trinajstić information content (AvgIpc) is 2.80. The lowest BCUT2D eigenvalue weighted by Crippen LogP contribution is -2.03. The minimum Gasteiger partial charge on any atom is -0.383 e. The monoisotopic (exact) mass is 299 g/mol. The van der Waals surface area contributed by atoms with Gasteiger partial charge in [-0.1, -0.05) is 0 Å². The van der Waals surface area contributed by atoms with E-state index >= 15 is 0 Å². The van der Waals surface area contributed by atoms with Crippen molar-refractivity contribution in [2.45, 2.75) is 13.8 Å². The van der Waals surface area contributed by atoms with Gasteiger partial charge in [0.15, 0.2) is 0 Å². The topological polar surface area (TPSA) is 99.4 Å². The summed E-state index contributed by atoms with van der Waals surface area (Å²) in [5.41, 5.74) is 11.5. The number of allylic oxidation sites excluding steroid dienone is 3. The molecular weight excluding hydrogens is 286 g/mol. The molecule has 5 heteroatoms. The summed E-state index contributed by atoms with van der Waals surface area (Å²) in [6.07, 6.45) is 5.40. The highest BCUT2D eigenvalue weighted by atomic mass is 14.9. The van der Waals surface area contributed by atoms with Crippen LogP contribution in [0.2, 0.25) is 0 Å². The number of hydrogen-bond donors (Lipinski definition) is 1. The van der Waals surface area contributed by atoms with Gasteiger partial charge in [0.1, 0.15) is 18.0 Å². The van der Waals surface area contributed by atoms with E-state index in [1.54, 1.807) is 12.4 Å². The Morgan fingerprint density at radius 2 is 1.83 bits per heavy atom. The van der Waals surface area contributed by atoms with Crippen LogP contribution in [-0.4, -0.2) is 9.97 Å². The molecule has 0 radical (unpaired) electrons. The Labute approximate surface area is 134 Å². The molecule has 0 fully saturated rings. The van der Waals surface area contributed by atoms with Gasteiger partial charge >= 0.3 is 0 Å². The van der Waals surface area contributed by atoms with Gasteiger partial charge in [-0.05, 0) is 54.3 Å². The van der Waals surface area contributed by atoms with Crippen molar-refractivity contribution in [1.29, 1.82) is 10.5 Å². The van der Waals surface area contributed by atoms with Crippen molar-refractivity contribution in [3.63, 3.8) is 0 Å². The Morgan fingerprint density at radius 1 is 1.13 bits per heavy atom. The highest BCUT2D eigenvalue weighted by Gasteiger charge is 2.29. The van der Waals surface area contributed by atoms with Crippen LogP contribution in [0.4, 0.5) is 5.82 Å². The number of pyridine rings is 2. The van der Waals surface area contributed by atoms with Gasteiger partial charge in [0.05, 0.1) is 16.8 Å². The summed E-state index contributed by atoms with van der Waals surface area (Å²) in [5.74, 6) is 0.162. The SMILES string of the molecule is CC1=C(C#N)c2nc(N)c(C#N)c(C)c2/C1=C/c1ccncc1. The van der Waals surface area contributed by atoms with Gasteiger partial charge in [0.25, 0.3) is 0 Å². The second-order valence-corrected chi connectivity index (χ2v) is 5.28. The van der Waals surface area contributed by atoms with Crippen LogP contribution in [0.5, 0.6) is 0 Å². The molecule has 1 aliphatic rings. The fourth-order valence-electron chi connectivity index (χ4n) is 2.82. The first-order valence-electron chi connectivity index (χ1n) is 7.02. The molecule has 1 aliphatic carbocycles. The zero-order chi connectivity index (χ0) is 16.6. The van der Waals surface area contributed by atoms with Crippen molar-refractivity contribution in [3.05, 3.63) is 58.0 Å². The number of nitrogen functional groups attached to an aromatic ring is 1. The van der Waals surface area contributed by atoms with Crippen molar-refractivity contribution in [3.8, 4) is 12.1 Å². The highest BCUT2D eigenvalue weighted by Crippen LogP contribution is 2.44. The number of rotatable bonds is 1. The predicted octanol–water partition coefficient (Wildman–Crippen LogP) is 3.09. The van der Waals surface area contributed by atoms with E-state index in [-0.39, 0.29) is 5.82 Å². The van der Waals surface area contributed by atoms with Crippen LogP contribution in [0.25, 0.3) is 17.2 Å². The van der Waals surface area contributed by atoms with E-state index in [0.29, 0.717) is 16.8 Å². The molecule has 0 amide bonds. The normalized spacial score (nSPS) is 14.5. The van der Waals surface area contributed by atoms with Gasteiger partial charge in [-0.25, -0.2) is 4.98 Å². The third-order valence-electron chi connectivity index (χ3n) is 4.00. The molecule has 0 spiro atoms. The van der Waals surface area contributed by atoms with Crippen molar-refractivity contribution in [1.82, 2.24) is 9.97 Å². The maximum Gasteiger partial charge on any atom is 0.142 e. The molecular formula is C18H13N5. The number of anilines is 1. The summed E-state index contributed by atoms with van der Waals surface area (Å²) in [5, 5.41) is 18.8. The number of fused-ring (bicyclic) bond motifs is 1. The molecule has 2 aromatic heterocycles. The van der Waals surface area contributed by atoms with E-state index in [9.17, 15) is 10.5 Å². The Hall–Kier alpha value is -3.44. The smallest absolute Gasteiger partial charge is 0.142 e. The van der Waals surface area contributed by atoms with Crippen LogP contribution in [-0.2, 0) is 0 Å². The maximum atomic E-state index is 9.48. The second kappa shape index (κ2) is 5.40. The first-order chi connectivity index (χ1) is 11.1. The standard InChI is InChI=1S/C18H13N5/c1-10-13(7-12-3-5-22-6-4-12)16-11(2)15(9-20)18(21)23-17(16)14(10)8-19/h3-7H,1-2H3,(H2,21,23)/b13-7+. The molecule has 0 saturated heterocycles. The molecule has 2 N–H and O–H groups in total. The second-order valence-electron chi connectivity index (χ2n) is 5.28. The molecule has 110 valence electrons. The lowest BCUT2D eigenvalue weighted by atomic mass is 9.96. The van der Waals surface area contributed by atoms with Gasteiger partial charge in [-0.2, -0.15) is 10.5 Å². The third kappa shape index (κ3) is 2.16. The number of nitrogens with zero attached hydrogens (tertiary/aromatic N) is 4. The summed E-state index contributed by atoms with van der Waals surface area (Å²) in [4.78, 5) is 8.31. The molecule has 0 aliphatic heterocycles. The summed E-state index contributed by atoms with van der Waals surface area (Å²) < 4.78 is 0. The van der Waals surface area contributed by atoms with E-state index in [1.807, 2.05) is 32.1 Å². The van der Waals surface area contributed by atoms with Gasteiger partial charge < -0.3 is 5.73 Å². The lowest BCUT2D eigenvalue weighted by Gasteiger charge is -2.10. The van der Waals surface area contributed by atoms with E-state index < -0.39 is 0 Å². The molecule has 0 saturated carbocycles. The van der Waals surface area contributed by atoms with Crippen LogP contribution in [0.1, 0.15) is 34.9 Å². The minimum absolute atomic E-state index is 0.162. The highest BCUT2D eigenvalue weighted by molar-refractivity contribution is 6.08. The van der Waals surface area contributed by atoms with Crippen LogP contribution in [0.15, 0.2) is 30.1 Å². The maximum absolute atomic E-state index is 9.48. The molecule has 2 heterocycles. The lowest BCUT2D eigenvalue weighted by molar-refractivity contribution is 1.22. The zero-order valence-corrected chi connectivity index (χ0v) is 12.8. The van der Waals surface area contributed by atoms with E-state index in [1.165, 1.54) is 0 Å². The fraction of sp³-hybridized carbons (Fsp3) is 0.111. The number of nitriles is 2. The zero-order valence-electron chi connectivity index (χ0n) is 12.8. The minimum atomic E-state index is 0.162. The first kappa shape index (κ1) is 14.5. The summed E-state index contributed by atoms with van der Waals surface area (Å²) >= 11 is 0. The average molecular weight is 299 g/mol. The third-order valence-corrected chi connectivity index (χ3v) is 4.00. The summed E-state index contributed by atoms with van der Waals surface area (Å²) in [6, 6.07) is 8.07. The van der Waals surface area contributed by atoms with Crippen molar-refractivity contribution < 1.29 is 0 Å². The Bertz CT molecular complexity index is 954. The van der Waals surface area contributed by atoms with Crippen LogP contribution in [0.3, 0.4) is 0 Å². The van der Waals surface area contributed by atoms with Crippen LogP contribution >= 0.6 is 0 Å². The Kier molecular flexibility index (Phi) is 3.40. The summed E-state index contributed by atoms with van der Waals surface area (Å²) in [6.45, 7) is 3.72. The van der Waals surface area contributed by atoms with E-state index in [0.717, 1.165) is 27.8 Å².